The van der Waals surface area contributed by atoms with Gasteiger partial charge < -0.3 is 5.32 Å². The molecule has 2 aromatic rings. The Morgan fingerprint density at radius 1 is 1.25 bits per heavy atom. The lowest BCUT2D eigenvalue weighted by Crippen LogP contribution is -2.34. The van der Waals surface area contributed by atoms with Crippen LogP contribution in [0.15, 0.2) is 24.3 Å². The van der Waals surface area contributed by atoms with Gasteiger partial charge in [-0.2, -0.15) is 5.26 Å². The van der Waals surface area contributed by atoms with Crippen LogP contribution in [0.4, 0.5) is 5.00 Å². The highest BCUT2D eigenvalue weighted by molar-refractivity contribution is 7.80. The van der Waals surface area contributed by atoms with Crippen LogP contribution in [0.5, 0.6) is 0 Å². The van der Waals surface area contributed by atoms with Crippen molar-refractivity contribution in [3.63, 3.8) is 0 Å². The molecule has 6 heteroatoms. The lowest BCUT2D eigenvalue weighted by Gasteiger charge is -2.10. The topological polar surface area (TPSA) is 64.9 Å². The first kappa shape index (κ1) is 18.1. The smallest absolute Gasteiger partial charge is 0.257 e. The van der Waals surface area contributed by atoms with Crippen molar-refractivity contribution in [1.82, 2.24) is 5.32 Å². The minimum Gasteiger partial charge on any atom is -0.323 e. The largest absolute Gasteiger partial charge is 0.323 e. The second-order valence-electron chi connectivity index (χ2n) is 5.78. The van der Waals surface area contributed by atoms with E-state index >= 15 is 0 Å². The molecule has 0 aliphatic carbocycles. The van der Waals surface area contributed by atoms with Gasteiger partial charge in [0.15, 0.2) is 5.11 Å². The fourth-order valence-corrected chi connectivity index (χ4v) is 3.45. The fraction of sp³-hybridized carbons (Fsp3) is 0.278. The lowest BCUT2D eigenvalue weighted by molar-refractivity contribution is 0.0977. The summed E-state index contributed by atoms with van der Waals surface area (Å²) >= 11 is 6.64. The van der Waals surface area contributed by atoms with E-state index in [2.05, 4.69) is 30.6 Å². The third kappa shape index (κ3) is 3.99. The van der Waals surface area contributed by atoms with Gasteiger partial charge in [0, 0.05) is 10.4 Å². The molecule has 0 bridgehead atoms. The summed E-state index contributed by atoms with van der Waals surface area (Å²) in [5.41, 5.74) is 3.22. The second-order valence-corrected chi connectivity index (χ2v) is 7.42. The molecule has 0 spiro atoms. The molecule has 0 saturated carbocycles. The molecule has 0 radical (unpaired) electrons. The molecule has 124 valence electrons. The van der Waals surface area contributed by atoms with Crippen LogP contribution in [0.3, 0.4) is 0 Å². The zero-order chi connectivity index (χ0) is 17.9. The molecule has 1 amide bonds. The van der Waals surface area contributed by atoms with E-state index in [-0.39, 0.29) is 11.0 Å². The molecule has 0 unspecified atom stereocenters. The molecule has 4 nitrogen and oxygen atoms in total. The predicted octanol–water partition coefficient (Wildman–Crippen LogP) is 4.49. The summed E-state index contributed by atoms with van der Waals surface area (Å²) < 4.78 is 0. The molecule has 1 heterocycles. The van der Waals surface area contributed by atoms with E-state index in [4.69, 9.17) is 12.2 Å². The minimum atomic E-state index is -0.272. The van der Waals surface area contributed by atoms with E-state index in [0.717, 1.165) is 10.4 Å². The molecular formula is C18H19N3OS2. The maximum Gasteiger partial charge on any atom is 0.257 e. The number of anilines is 1. The number of thiocarbonyl (C=S) groups is 1. The number of thiophene rings is 1. The van der Waals surface area contributed by atoms with Gasteiger partial charge in [0.2, 0.25) is 0 Å². The number of nitriles is 1. The number of hydrogen-bond acceptors (Lipinski definition) is 4. The first-order chi connectivity index (χ1) is 11.3. The van der Waals surface area contributed by atoms with Crippen molar-refractivity contribution in [3.8, 4) is 6.07 Å². The maximum atomic E-state index is 12.3. The number of aryl methyl sites for hydroxylation is 1. The van der Waals surface area contributed by atoms with Crippen LogP contribution in [-0.4, -0.2) is 11.0 Å². The zero-order valence-electron chi connectivity index (χ0n) is 14.1. The van der Waals surface area contributed by atoms with Gasteiger partial charge >= 0.3 is 0 Å². The quantitative estimate of drug-likeness (QED) is 0.795. The molecule has 1 aromatic heterocycles. The Morgan fingerprint density at radius 3 is 2.42 bits per heavy atom. The van der Waals surface area contributed by atoms with E-state index in [0.29, 0.717) is 22.0 Å². The Kier molecular flexibility index (Phi) is 5.71. The number of rotatable bonds is 3. The summed E-state index contributed by atoms with van der Waals surface area (Å²) in [7, 11) is 0. The summed E-state index contributed by atoms with van der Waals surface area (Å²) in [6.07, 6.45) is 0. The zero-order valence-corrected chi connectivity index (χ0v) is 15.7. The van der Waals surface area contributed by atoms with Crippen molar-refractivity contribution in [2.75, 3.05) is 5.32 Å². The van der Waals surface area contributed by atoms with Gasteiger partial charge in [0.1, 0.15) is 11.1 Å². The van der Waals surface area contributed by atoms with E-state index in [9.17, 15) is 10.1 Å². The fourth-order valence-electron chi connectivity index (χ4n) is 2.18. The third-order valence-electron chi connectivity index (χ3n) is 3.79. The van der Waals surface area contributed by atoms with Gasteiger partial charge in [-0.3, -0.25) is 10.1 Å². The number of benzene rings is 1. The molecule has 0 atom stereocenters. The van der Waals surface area contributed by atoms with Gasteiger partial charge in [-0.15, -0.1) is 11.3 Å². The average Bonchev–Trinajstić information content (AvgIpc) is 2.80. The van der Waals surface area contributed by atoms with Gasteiger partial charge in [0.05, 0.1) is 5.56 Å². The molecule has 0 aliphatic heterocycles. The molecule has 0 saturated heterocycles. The highest BCUT2D eigenvalue weighted by atomic mass is 32.1. The average molecular weight is 358 g/mol. The summed E-state index contributed by atoms with van der Waals surface area (Å²) in [6, 6.07) is 9.62. The van der Waals surface area contributed by atoms with Crippen molar-refractivity contribution in [3.05, 3.63) is 51.4 Å². The number of carbonyl (C=O) groups is 1. The molecule has 0 fully saturated rings. The highest BCUT2D eigenvalue weighted by Gasteiger charge is 2.15. The number of hydrogen-bond donors (Lipinski definition) is 2. The van der Waals surface area contributed by atoms with Crippen LogP contribution in [0.25, 0.3) is 0 Å². The second kappa shape index (κ2) is 7.56. The van der Waals surface area contributed by atoms with Crippen molar-refractivity contribution in [2.24, 2.45) is 0 Å². The van der Waals surface area contributed by atoms with Crippen LogP contribution >= 0.6 is 23.6 Å². The number of carbonyl (C=O) groups excluding carboxylic acids is 1. The maximum absolute atomic E-state index is 12.3. The van der Waals surface area contributed by atoms with Crippen molar-refractivity contribution < 1.29 is 4.79 Å². The van der Waals surface area contributed by atoms with Gasteiger partial charge in [0.25, 0.3) is 5.91 Å². The summed E-state index contributed by atoms with van der Waals surface area (Å²) in [4.78, 5) is 13.3. The van der Waals surface area contributed by atoms with Crippen molar-refractivity contribution in [1.29, 1.82) is 5.26 Å². The monoisotopic (exact) mass is 357 g/mol. The molecular weight excluding hydrogens is 338 g/mol. The van der Waals surface area contributed by atoms with Gasteiger partial charge in [-0.25, -0.2) is 0 Å². The normalized spacial score (nSPS) is 10.3. The minimum absolute atomic E-state index is 0.186. The number of nitrogens with zero attached hydrogens (tertiary/aromatic N) is 1. The Balaban J connectivity index is 2.06. The molecule has 2 rings (SSSR count). The summed E-state index contributed by atoms with van der Waals surface area (Å²) in [5, 5.41) is 15.7. The predicted molar refractivity (Wildman–Crippen MR) is 103 cm³/mol. The third-order valence-corrected chi connectivity index (χ3v) is 5.12. The van der Waals surface area contributed by atoms with Crippen LogP contribution in [0.2, 0.25) is 0 Å². The molecule has 1 aromatic carbocycles. The summed E-state index contributed by atoms with van der Waals surface area (Å²) in [6.45, 7) is 8.05. The first-order valence-electron chi connectivity index (χ1n) is 7.55. The Bertz CT molecular complexity index is 814. The van der Waals surface area contributed by atoms with Crippen molar-refractivity contribution >= 4 is 39.6 Å². The first-order valence-corrected chi connectivity index (χ1v) is 8.78. The Hall–Kier alpha value is -2.23. The Labute approximate surface area is 151 Å². The van der Waals surface area contributed by atoms with Crippen LogP contribution in [0, 0.1) is 25.2 Å². The van der Waals surface area contributed by atoms with Crippen LogP contribution in [0.1, 0.15) is 51.7 Å². The van der Waals surface area contributed by atoms with E-state index < -0.39 is 0 Å². The van der Waals surface area contributed by atoms with Gasteiger partial charge in [-0.1, -0.05) is 26.0 Å². The lowest BCUT2D eigenvalue weighted by atomic mass is 10.0. The molecule has 0 aliphatic rings. The standard InChI is InChI=1S/C18H19N3OS2/c1-10(2)13-5-7-14(8-6-13)16(22)20-18(23)21-17-15(9-19)11(3)12(4)24-17/h5-8,10H,1-4H3,(H2,20,21,22,23). The van der Waals surface area contributed by atoms with Crippen molar-refractivity contribution in [2.45, 2.75) is 33.6 Å². The number of amides is 1. The van der Waals surface area contributed by atoms with Crippen LogP contribution in [-0.2, 0) is 0 Å². The van der Waals surface area contributed by atoms with E-state index in [1.807, 2.05) is 26.0 Å². The van der Waals surface area contributed by atoms with E-state index in [1.54, 1.807) is 12.1 Å². The number of nitrogens with one attached hydrogen (secondary N) is 2. The molecule has 24 heavy (non-hydrogen) atoms. The summed E-state index contributed by atoms with van der Waals surface area (Å²) in [5.74, 6) is 0.144. The van der Waals surface area contributed by atoms with E-state index in [1.165, 1.54) is 16.9 Å². The van der Waals surface area contributed by atoms with Crippen LogP contribution < -0.4 is 10.6 Å². The van der Waals surface area contributed by atoms with Gasteiger partial charge in [-0.05, 0) is 55.2 Å². The molecule has 2 N–H and O–H groups in total. The Morgan fingerprint density at radius 2 is 1.88 bits per heavy atom. The highest BCUT2D eigenvalue weighted by Crippen LogP contribution is 2.31. The SMILES string of the molecule is Cc1sc(NC(=S)NC(=O)c2ccc(C(C)C)cc2)c(C#N)c1C.